The zero-order chi connectivity index (χ0) is 15.9. The van der Waals surface area contributed by atoms with E-state index in [0.717, 1.165) is 0 Å². The van der Waals surface area contributed by atoms with Crippen LogP contribution in [0.15, 0.2) is 54.6 Å². The van der Waals surface area contributed by atoms with Crippen LogP contribution in [0.4, 0.5) is 5.69 Å². The summed E-state index contributed by atoms with van der Waals surface area (Å²) in [5.74, 6) is 0. The normalized spacial score (nSPS) is 10.0. The van der Waals surface area contributed by atoms with Crippen molar-refractivity contribution in [1.82, 2.24) is 0 Å². The van der Waals surface area contributed by atoms with Gasteiger partial charge in [-0.05, 0) is 49.4 Å². The third-order valence-electron chi connectivity index (χ3n) is 3.17. The third-order valence-corrected chi connectivity index (χ3v) is 3.17. The lowest BCUT2D eigenvalue weighted by atomic mass is 9.90. The van der Waals surface area contributed by atoms with Gasteiger partial charge in [-0.2, -0.15) is 0 Å². The van der Waals surface area contributed by atoms with Crippen LogP contribution in [-0.4, -0.2) is 29.7 Å². The molecule has 130 valence electrons. The van der Waals surface area contributed by atoms with Gasteiger partial charge >= 0.3 is 0 Å². The van der Waals surface area contributed by atoms with Gasteiger partial charge in [0.2, 0.25) is 0 Å². The van der Waals surface area contributed by atoms with Gasteiger partial charge < -0.3 is 16.3 Å². The van der Waals surface area contributed by atoms with E-state index in [2.05, 4.69) is 99.5 Å². The number of rotatable bonds is 3. The molecule has 0 bridgehead atoms. The summed E-state index contributed by atoms with van der Waals surface area (Å²) in [5.41, 5.74) is 4.08. The van der Waals surface area contributed by atoms with Crippen molar-refractivity contribution in [2.75, 3.05) is 18.8 Å². The molecule has 0 aliphatic heterocycles. The van der Waals surface area contributed by atoms with Crippen LogP contribution in [0.3, 0.4) is 0 Å². The molecule has 0 aliphatic carbocycles. The second kappa shape index (κ2) is 11.2. The topological polar surface area (TPSA) is 76.6 Å². The maximum absolute atomic E-state index is 2.33. The molecule has 0 aliphatic rings. The summed E-state index contributed by atoms with van der Waals surface area (Å²) in [5, 5.41) is 2.33. The SMILES string of the molecule is C[S+](C)C.Cc1ccccc1C(C)(C)[NH2+]c1ccccc1.[OH-].[OH-]. The summed E-state index contributed by atoms with van der Waals surface area (Å²) in [4.78, 5) is 0. The first-order chi connectivity index (χ1) is 9.83. The van der Waals surface area contributed by atoms with E-state index >= 15 is 0 Å². The third kappa shape index (κ3) is 8.77. The van der Waals surface area contributed by atoms with Crippen molar-refractivity contribution in [3.05, 3.63) is 65.7 Å². The van der Waals surface area contributed by atoms with Crippen LogP contribution < -0.4 is 5.32 Å². The van der Waals surface area contributed by atoms with Gasteiger partial charge in [-0.1, -0.05) is 42.5 Å². The molecule has 2 aromatic carbocycles. The molecule has 0 atom stereocenters. The average molecular weight is 338 g/mol. The van der Waals surface area contributed by atoms with Gasteiger partial charge in [0.1, 0.15) is 11.2 Å². The Morgan fingerprint density at radius 1 is 0.783 bits per heavy atom. The predicted molar refractivity (Wildman–Crippen MR) is 101 cm³/mol. The standard InChI is InChI=1S/C16H19N.C3H9S.2H2O/c1-13-9-7-8-12-15(13)16(2,3)17-14-10-5-4-6-11-14;1-4(2)3;;/h4-12,17H,1-3H3;1-3H3;2*1H2/q;+1;;/p-1. The smallest absolute Gasteiger partial charge is 0.130 e. The van der Waals surface area contributed by atoms with E-state index in [1.54, 1.807) is 0 Å². The van der Waals surface area contributed by atoms with E-state index in [-0.39, 0.29) is 16.5 Å². The molecular formula is C19H31NO2S. The minimum Gasteiger partial charge on any atom is -0.870 e. The molecule has 0 radical (unpaired) electrons. The quantitative estimate of drug-likeness (QED) is 0.689. The van der Waals surface area contributed by atoms with Crippen molar-refractivity contribution in [2.24, 2.45) is 0 Å². The number of para-hydroxylation sites is 1. The minimum absolute atomic E-state index is 0. The van der Waals surface area contributed by atoms with Crippen molar-refractivity contribution in [2.45, 2.75) is 26.3 Å². The van der Waals surface area contributed by atoms with Crippen LogP contribution in [0.1, 0.15) is 25.0 Å². The van der Waals surface area contributed by atoms with E-state index in [1.165, 1.54) is 16.8 Å². The number of aryl methyl sites for hydroxylation is 1. The highest BCUT2D eigenvalue weighted by Gasteiger charge is 2.26. The molecular weight excluding hydrogens is 306 g/mol. The largest absolute Gasteiger partial charge is 0.870 e. The Bertz CT molecular complexity index is 539. The molecule has 0 saturated heterocycles. The number of benzene rings is 2. The van der Waals surface area contributed by atoms with Crippen LogP contribution in [0.25, 0.3) is 0 Å². The maximum Gasteiger partial charge on any atom is 0.130 e. The average Bonchev–Trinajstić information content (AvgIpc) is 2.39. The Morgan fingerprint density at radius 2 is 1.22 bits per heavy atom. The first kappa shape index (κ1) is 23.9. The first-order valence-electron chi connectivity index (χ1n) is 7.29. The van der Waals surface area contributed by atoms with Crippen LogP contribution >= 0.6 is 0 Å². The summed E-state index contributed by atoms with van der Waals surface area (Å²) >= 11 is 0. The van der Waals surface area contributed by atoms with Gasteiger partial charge in [-0.25, -0.2) is 0 Å². The zero-order valence-corrected chi connectivity index (χ0v) is 15.9. The Labute approximate surface area is 144 Å². The molecule has 0 heterocycles. The Hall–Kier alpha value is -1.33. The fourth-order valence-corrected chi connectivity index (χ4v) is 2.34. The summed E-state index contributed by atoms with van der Waals surface area (Å²) in [7, 11) is 0.639. The molecule has 0 saturated carbocycles. The number of hydrogen-bond acceptors (Lipinski definition) is 2. The van der Waals surface area contributed by atoms with Gasteiger partial charge in [-0.3, -0.25) is 0 Å². The summed E-state index contributed by atoms with van der Waals surface area (Å²) in [6.45, 7) is 6.71. The fraction of sp³-hybridized carbons (Fsp3) is 0.368. The van der Waals surface area contributed by atoms with E-state index in [9.17, 15) is 0 Å². The Morgan fingerprint density at radius 3 is 1.70 bits per heavy atom. The second-order valence-electron chi connectivity index (χ2n) is 6.32. The number of nitrogens with two attached hydrogens (primary N) is 1. The molecule has 4 heteroatoms. The van der Waals surface area contributed by atoms with Crippen LogP contribution in [0.5, 0.6) is 0 Å². The lowest BCUT2D eigenvalue weighted by molar-refractivity contribution is -0.656. The molecule has 3 nitrogen and oxygen atoms in total. The fourth-order valence-electron chi connectivity index (χ4n) is 2.34. The van der Waals surface area contributed by atoms with E-state index in [0.29, 0.717) is 10.9 Å². The molecule has 23 heavy (non-hydrogen) atoms. The first-order valence-corrected chi connectivity index (χ1v) is 9.74. The van der Waals surface area contributed by atoms with Gasteiger partial charge in [0.15, 0.2) is 0 Å². The monoisotopic (exact) mass is 337 g/mol. The van der Waals surface area contributed by atoms with Gasteiger partial charge in [0, 0.05) is 5.56 Å². The predicted octanol–water partition coefficient (Wildman–Crippen LogP) is 3.27. The van der Waals surface area contributed by atoms with Crippen molar-refractivity contribution in [1.29, 1.82) is 0 Å². The van der Waals surface area contributed by atoms with Crippen molar-refractivity contribution >= 4 is 16.6 Å². The van der Waals surface area contributed by atoms with Crippen molar-refractivity contribution in [3.8, 4) is 0 Å². The molecule has 2 rings (SSSR count). The van der Waals surface area contributed by atoms with Crippen LogP contribution in [-0.2, 0) is 16.4 Å². The Balaban J connectivity index is 0. The van der Waals surface area contributed by atoms with E-state index < -0.39 is 0 Å². The highest BCUT2D eigenvalue weighted by molar-refractivity contribution is 7.94. The molecule has 0 spiro atoms. The van der Waals surface area contributed by atoms with Crippen molar-refractivity contribution in [3.63, 3.8) is 0 Å². The minimum atomic E-state index is 0. The van der Waals surface area contributed by atoms with Gasteiger partial charge in [0.05, 0.1) is 18.8 Å². The van der Waals surface area contributed by atoms with E-state index in [1.807, 2.05) is 0 Å². The van der Waals surface area contributed by atoms with Crippen LogP contribution in [0.2, 0.25) is 0 Å². The highest BCUT2D eigenvalue weighted by Crippen LogP contribution is 2.20. The van der Waals surface area contributed by atoms with Crippen molar-refractivity contribution < 1.29 is 16.3 Å². The number of hydrogen-bond donors (Lipinski definition) is 1. The lowest BCUT2D eigenvalue weighted by Gasteiger charge is -2.24. The molecule has 0 amide bonds. The summed E-state index contributed by atoms with van der Waals surface area (Å²) in [6.07, 6.45) is 6.58. The maximum atomic E-state index is 2.33. The van der Waals surface area contributed by atoms with Gasteiger partial charge in [-0.15, -0.1) is 0 Å². The highest BCUT2D eigenvalue weighted by atomic mass is 32.2. The summed E-state index contributed by atoms with van der Waals surface area (Å²) < 4.78 is 0. The Kier molecular flexibility index (Phi) is 11.7. The second-order valence-corrected chi connectivity index (χ2v) is 8.77. The molecule has 4 N–H and O–H groups in total. The van der Waals surface area contributed by atoms with E-state index in [4.69, 9.17) is 0 Å². The van der Waals surface area contributed by atoms with Crippen LogP contribution in [0, 0.1) is 6.92 Å². The summed E-state index contributed by atoms with van der Waals surface area (Å²) in [6, 6.07) is 19.1. The molecule has 0 aromatic heterocycles. The zero-order valence-electron chi connectivity index (χ0n) is 15.1. The van der Waals surface area contributed by atoms with Gasteiger partial charge in [0.25, 0.3) is 0 Å². The number of quaternary nitrogens is 1. The molecule has 0 unspecified atom stereocenters. The molecule has 2 aromatic rings. The lowest BCUT2D eigenvalue weighted by Crippen LogP contribution is -2.88. The molecule has 0 fully saturated rings.